The quantitative estimate of drug-likeness (QED) is 0.812. The molecule has 0 aromatic heterocycles. The highest BCUT2D eigenvalue weighted by atomic mass is 35.5. The van der Waals surface area contributed by atoms with Crippen LogP contribution in [0.25, 0.3) is 0 Å². The minimum atomic E-state index is -1.17. The van der Waals surface area contributed by atoms with E-state index in [0.29, 0.717) is 10.6 Å². The number of aryl methyl sites for hydroxylation is 2. The number of nitrogens with zero attached hydrogens (tertiary/aromatic N) is 1. The molecule has 136 valence electrons. The van der Waals surface area contributed by atoms with Crippen molar-refractivity contribution in [3.8, 4) is 5.75 Å². The number of hydrogen-bond acceptors (Lipinski definition) is 3. The first kappa shape index (κ1) is 18.3. The van der Waals surface area contributed by atoms with Gasteiger partial charge in [0.05, 0.1) is 6.54 Å². The Hall–Kier alpha value is -2.53. The largest absolute Gasteiger partial charge is 0.491 e. The minimum Gasteiger partial charge on any atom is -0.491 e. The molecule has 1 fully saturated rings. The third kappa shape index (κ3) is 3.27. The Morgan fingerprint density at radius 1 is 1.15 bits per heavy atom. The smallest absolute Gasteiger partial charge is 0.325 e. The van der Waals surface area contributed by atoms with E-state index in [1.807, 2.05) is 32.0 Å². The molecular formula is C20H21ClN2O3. The summed E-state index contributed by atoms with van der Waals surface area (Å²) in [5.41, 5.74) is 1.51. The Balaban J connectivity index is 1.72. The molecule has 1 aliphatic rings. The molecule has 1 N–H and O–H groups in total. The topological polar surface area (TPSA) is 58.6 Å². The highest BCUT2D eigenvalue weighted by molar-refractivity contribution is 6.32. The number of benzene rings is 2. The zero-order valence-corrected chi connectivity index (χ0v) is 15.8. The van der Waals surface area contributed by atoms with Crippen molar-refractivity contribution in [1.82, 2.24) is 10.2 Å². The van der Waals surface area contributed by atoms with Gasteiger partial charge in [0, 0.05) is 10.6 Å². The molecule has 1 atom stereocenters. The van der Waals surface area contributed by atoms with Gasteiger partial charge < -0.3 is 10.1 Å². The number of nitrogens with one attached hydrogen (secondary N) is 1. The van der Waals surface area contributed by atoms with Crippen molar-refractivity contribution in [1.29, 1.82) is 0 Å². The second-order valence-electron chi connectivity index (χ2n) is 6.61. The van der Waals surface area contributed by atoms with Gasteiger partial charge in [-0.25, -0.2) is 4.79 Å². The molecule has 2 aromatic carbocycles. The van der Waals surface area contributed by atoms with Gasteiger partial charge in [-0.1, -0.05) is 41.9 Å². The molecule has 0 aliphatic carbocycles. The first-order chi connectivity index (χ1) is 12.3. The molecule has 5 nitrogen and oxygen atoms in total. The van der Waals surface area contributed by atoms with Crippen molar-refractivity contribution >= 4 is 23.5 Å². The molecule has 3 rings (SSSR count). The minimum absolute atomic E-state index is 0.165. The highest BCUT2D eigenvalue weighted by Gasteiger charge is 2.49. The maximum Gasteiger partial charge on any atom is 0.325 e. The van der Waals surface area contributed by atoms with Gasteiger partial charge in [0.1, 0.15) is 17.9 Å². The maximum atomic E-state index is 12.9. The average molecular weight is 373 g/mol. The van der Waals surface area contributed by atoms with Crippen LogP contribution in [0.4, 0.5) is 4.79 Å². The normalized spacial score (nSPS) is 19.6. The summed E-state index contributed by atoms with van der Waals surface area (Å²) < 4.78 is 5.77. The Labute approximate surface area is 157 Å². The van der Waals surface area contributed by atoms with E-state index in [1.54, 1.807) is 31.2 Å². The molecule has 0 unspecified atom stereocenters. The lowest BCUT2D eigenvalue weighted by Gasteiger charge is -2.23. The van der Waals surface area contributed by atoms with E-state index < -0.39 is 11.6 Å². The SMILES string of the molecule is Cc1ccc(C)c(OCCN2C(=O)N[C@](C)(c3ccccc3Cl)C2=O)c1. The van der Waals surface area contributed by atoms with Crippen molar-refractivity contribution in [2.45, 2.75) is 26.3 Å². The predicted molar refractivity (Wildman–Crippen MR) is 100 cm³/mol. The van der Waals surface area contributed by atoms with Gasteiger partial charge in [-0.3, -0.25) is 9.69 Å². The van der Waals surface area contributed by atoms with Crippen molar-refractivity contribution in [3.05, 3.63) is 64.2 Å². The Bertz CT molecular complexity index is 868. The molecule has 0 bridgehead atoms. The van der Waals surface area contributed by atoms with Gasteiger partial charge in [-0.2, -0.15) is 0 Å². The van der Waals surface area contributed by atoms with Crippen molar-refractivity contribution in [2.24, 2.45) is 0 Å². The molecule has 0 radical (unpaired) electrons. The number of hydrogen-bond donors (Lipinski definition) is 1. The summed E-state index contributed by atoms with van der Waals surface area (Å²) in [5.74, 6) is 0.422. The van der Waals surface area contributed by atoms with Crippen LogP contribution in [-0.2, 0) is 10.3 Å². The summed E-state index contributed by atoms with van der Waals surface area (Å²) in [5, 5.41) is 3.20. The first-order valence-corrected chi connectivity index (χ1v) is 8.80. The molecule has 3 amide bonds. The second-order valence-corrected chi connectivity index (χ2v) is 7.02. The van der Waals surface area contributed by atoms with Gasteiger partial charge in [0.2, 0.25) is 0 Å². The van der Waals surface area contributed by atoms with E-state index in [0.717, 1.165) is 16.9 Å². The molecular weight excluding hydrogens is 352 g/mol. The number of rotatable bonds is 5. The molecule has 1 aliphatic heterocycles. The lowest BCUT2D eigenvalue weighted by Crippen LogP contribution is -2.41. The van der Waals surface area contributed by atoms with Gasteiger partial charge in [0.15, 0.2) is 0 Å². The number of imide groups is 1. The van der Waals surface area contributed by atoms with Crippen molar-refractivity contribution < 1.29 is 14.3 Å². The fraction of sp³-hybridized carbons (Fsp3) is 0.300. The fourth-order valence-corrected chi connectivity index (χ4v) is 3.38. The predicted octanol–water partition coefficient (Wildman–Crippen LogP) is 3.80. The number of carbonyl (C=O) groups excluding carboxylic acids is 2. The van der Waals surface area contributed by atoms with Gasteiger partial charge >= 0.3 is 6.03 Å². The lowest BCUT2D eigenvalue weighted by atomic mass is 9.92. The number of carbonyl (C=O) groups is 2. The Morgan fingerprint density at radius 3 is 2.62 bits per heavy atom. The average Bonchev–Trinajstić information content (AvgIpc) is 2.82. The fourth-order valence-electron chi connectivity index (χ4n) is 3.06. The van der Waals surface area contributed by atoms with Crippen molar-refractivity contribution in [3.63, 3.8) is 0 Å². The number of ether oxygens (including phenoxy) is 1. The van der Waals surface area contributed by atoms with Gasteiger partial charge in [-0.05, 0) is 44.0 Å². The third-order valence-electron chi connectivity index (χ3n) is 4.60. The lowest BCUT2D eigenvalue weighted by molar-refractivity contribution is -0.131. The van der Waals surface area contributed by atoms with E-state index in [2.05, 4.69) is 5.32 Å². The number of urea groups is 1. The molecule has 1 saturated heterocycles. The molecule has 1 heterocycles. The summed E-state index contributed by atoms with van der Waals surface area (Å²) in [6.07, 6.45) is 0. The highest BCUT2D eigenvalue weighted by Crippen LogP contribution is 2.33. The van der Waals surface area contributed by atoms with Gasteiger partial charge in [-0.15, -0.1) is 0 Å². The molecule has 6 heteroatoms. The van der Waals surface area contributed by atoms with Crippen LogP contribution in [0.5, 0.6) is 5.75 Å². The van der Waals surface area contributed by atoms with E-state index >= 15 is 0 Å². The standard InChI is InChI=1S/C20H21ClN2O3/c1-13-8-9-14(2)17(12-13)26-11-10-23-18(24)20(3,22-19(23)25)15-6-4-5-7-16(15)21/h4-9,12H,10-11H2,1-3H3,(H,22,25)/t20-/m1/s1. The van der Waals surface area contributed by atoms with Crippen LogP contribution in [0, 0.1) is 13.8 Å². The number of halogens is 1. The van der Waals surface area contributed by atoms with Crippen LogP contribution >= 0.6 is 11.6 Å². The first-order valence-electron chi connectivity index (χ1n) is 8.42. The Kier molecular flexibility index (Phi) is 4.92. The summed E-state index contributed by atoms with van der Waals surface area (Å²) in [7, 11) is 0. The molecule has 0 saturated carbocycles. The van der Waals surface area contributed by atoms with Crippen LogP contribution in [0.1, 0.15) is 23.6 Å². The summed E-state index contributed by atoms with van der Waals surface area (Å²) in [4.78, 5) is 26.4. The van der Waals surface area contributed by atoms with E-state index in [-0.39, 0.29) is 19.1 Å². The molecule has 0 spiro atoms. The second kappa shape index (κ2) is 7.00. The third-order valence-corrected chi connectivity index (χ3v) is 4.93. The van der Waals surface area contributed by atoms with Crippen LogP contribution in [0.15, 0.2) is 42.5 Å². The zero-order chi connectivity index (χ0) is 18.9. The van der Waals surface area contributed by atoms with Gasteiger partial charge in [0.25, 0.3) is 5.91 Å². The summed E-state index contributed by atoms with van der Waals surface area (Å²) >= 11 is 6.22. The van der Waals surface area contributed by atoms with Crippen LogP contribution in [0.3, 0.4) is 0 Å². The molecule has 2 aromatic rings. The molecule has 26 heavy (non-hydrogen) atoms. The van der Waals surface area contributed by atoms with Crippen LogP contribution < -0.4 is 10.1 Å². The summed E-state index contributed by atoms with van der Waals surface area (Å²) in [6.45, 7) is 6.00. The number of amides is 3. The maximum absolute atomic E-state index is 12.9. The van der Waals surface area contributed by atoms with Crippen molar-refractivity contribution in [2.75, 3.05) is 13.2 Å². The Morgan fingerprint density at radius 2 is 1.88 bits per heavy atom. The summed E-state index contributed by atoms with van der Waals surface area (Å²) in [6, 6.07) is 12.5. The van der Waals surface area contributed by atoms with E-state index in [9.17, 15) is 9.59 Å². The van der Waals surface area contributed by atoms with E-state index in [4.69, 9.17) is 16.3 Å². The monoisotopic (exact) mass is 372 g/mol. The van der Waals surface area contributed by atoms with E-state index in [1.165, 1.54) is 4.90 Å². The van der Waals surface area contributed by atoms with Crippen LogP contribution in [-0.4, -0.2) is 30.0 Å². The van der Waals surface area contributed by atoms with Crippen LogP contribution in [0.2, 0.25) is 5.02 Å². The zero-order valence-electron chi connectivity index (χ0n) is 15.0.